The molecule has 9 heterocycles. The summed E-state index contributed by atoms with van der Waals surface area (Å²) in [7, 11) is 0. The van der Waals surface area contributed by atoms with Crippen LogP contribution in [0.4, 0.5) is 0 Å². The maximum atomic E-state index is 15.8. The summed E-state index contributed by atoms with van der Waals surface area (Å²) < 4.78 is 91.3. The molecule has 0 spiro atoms. The number of ether oxygens (including phenoxy) is 16. The highest BCUT2D eigenvalue weighted by Crippen LogP contribution is 2.42. The minimum absolute atomic E-state index is 0.887. The van der Waals surface area contributed by atoms with Gasteiger partial charge in [0, 0.05) is 0 Å². The van der Waals surface area contributed by atoms with E-state index in [0.717, 1.165) is 0 Å². The molecular weight excluding hydrogens is 1530 g/mol. The molecule has 650 valence electrons. The van der Waals surface area contributed by atoms with E-state index >= 15 is 9.59 Å². The fourth-order valence-electron chi connectivity index (χ4n) is 14.7. The molecule has 112 heavy (non-hydrogen) atoms. The molecule has 0 bridgehead atoms. The van der Waals surface area contributed by atoms with Gasteiger partial charge >= 0.3 is 5.97 Å². The summed E-state index contributed by atoms with van der Waals surface area (Å²) in [6.07, 6.45) is -73.6. The zero-order chi connectivity index (χ0) is 83.1. The van der Waals surface area contributed by atoms with Crippen molar-refractivity contribution in [2.45, 2.75) is 293 Å². The average Bonchev–Trinajstić information content (AvgIpc) is 0.704. The van der Waals surface area contributed by atoms with Crippen molar-refractivity contribution in [2.24, 2.45) is 51.6 Å². The third-order valence-corrected chi connectivity index (χ3v) is 21.8. The van der Waals surface area contributed by atoms with Gasteiger partial charge in [0.2, 0.25) is 5.78 Å². The lowest BCUT2D eigenvalue weighted by molar-refractivity contribution is -0.360. The van der Waals surface area contributed by atoms with Crippen LogP contribution < -0.4 is 51.6 Å². The smallest absolute Gasteiger partial charge is 0.309 e. The third kappa shape index (κ3) is 17.7. The van der Waals surface area contributed by atoms with E-state index in [2.05, 4.69) is 0 Å². The second-order valence-corrected chi connectivity index (χ2v) is 28.9. The van der Waals surface area contributed by atoms with E-state index in [1.807, 2.05) is 0 Å². The molecule has 46 atom stereocenters. The van der Waals surface area contributed by atoms with Crippen LogP contribution >= 0.6 is 0 Å². The van der Waals surface area contributed by atoms with Gasteiger partial charge in [0.25, 0.3) is 0 Å². The Kier molecular flexibility index (Phi) is 31.6. The van der Waals surface area contributed by atoms with Gasteiger partial charge in [0.1, 0.15) is 152 Å². The Morgan fingerprint density at radius 2 is 0.571 bits per heavy atom. The van der Waals surface area contributed by atoms with Gasteiger partial charge in [-0.15, -0.1) is 0 Å². The number of nitrogens with two attached hydrogens (primary N) is 9. The lowest BCUT2D eigenvalue weighted by atomic mass is 9.77. The van der Waals surface area contributed by atoms with Crippen molar-refractivity contribution in [1.82, 2.24) is 0 Å². The SMILES string of the molecule is N[C@H]1[C@@H](OC2[C@@H](CO)O[C@@H](OC3[C@@H](CO)O[C@@H](O)[C@H](N)[C@H]3O)[C@H](N)[C@H]2O)O[C@@](CO)(CC(=O)OC(CC(=O)[C@]2(CO)O[C@H](OC3[C@@H](CO)O[C@@H](OC4[C@@H](CO)O[C@@H](O)[C@H](N)[C@H]4O)[C@H](N)[C@H]3O)[C@H](N)[C@@H](O)[C@@H]2O)C(=O)[C@]2(CO)O[C@H](OC3[C@@H](CO)O[C@@H](OC4[C@@H](CO)O[C@@H](O)[C@H](N)[C@H]4O)[C@H](N)[C@H]3O)[C@H](N)[C@@H](O)[C@@H]2O)[C@@H](O)[C@@H]1O. The van der Waals surface area contributed by atoms with Gasteiger partial charge in [0.15, 0.2) is 79.7 Å². The number of Topliss-reactive ketones (excluding diaryl/α,β-unsaturated/α-hetero) is 2. The van der Waals surface area contributed by atoms with Gasteiger partial charge in [-0.05, 0) is 0 Å². The first-order valence-corrected chi connectivity index (χ1v) is 35.4. The molecular formula is C60H107N9O43. The maximum absolute atomic E-state index is 15.8. The van der Waals surface area contributed by atoms with E-state index in [-0.39, 0.29) is 0 Å². The van der Waals surface area contributed by atoms with Crippen LogP contribution in [-0.2, 0) is 90.2 Å². The van der Waals surface area contributed by atoms with Gasteiger partial charge in [-0.3, -0.25) is 14.4 Å². The van der Waals surface area contributed by atoms with Gasteiger partial charge in [-0.25, -0.2) is 0 Å². The molecule has 9 rings (SSSR count). The Bertz CT molecular complexity index is 3030. The van der Waals surface area contributed by atoms with E-state index in [1.54, 1.807) is 0 Å². The van der Waals surface area contributed by atoms with Crippen molar-refractivity contribution < 1.29 is 213 Å². The quantitative estimate of drug-likeness (QED) is 0.0309. The fraction of sp³-hybridized carbons (Fsp3) is 0.950. The molecule has 0 aromatic carbocycles. The standard InChI is InChI=1S/C60H107N9O43/c61-21-30(81)39(13(3-70)98-49(21)94)104-52-24(64)33(84)42(16(6-73)101-52)107-55-27(67)36(87)46(91)58(9-76,110-55)2-20(80)97-12(45(90)60(11-78)48(93)38(89)29(69)57(112-60)109-44-18(8-75)103-54(26(66)35(44)86)106-41-15(5-72)100-51(96)23(63)32(41)83)1-19(79)59(10-77)47(92)37(88)28(68)56(111-59)108-43-17(7-74)102-53(25(65)34(43)85)105-40-14(4-71)99-50(95)22(62)31(40)82/h12-18,21-44,46-57,70-78,81-89,91-96H,1-11,61-69H2/t12?,13-,14-,15-,16-,17-,18-,21-,22-,23-,24-,25-,26-,27-,28-,29-,30-,31-,32-,33-,34-,35-,36-,37-,38-,39?,40?,41?,42?,43?,44?,46+,47+,48+,49-,50-,51-,52+,53+,54+,55+,56+,57+,58-,59+,60+/m1/s1. The minimum Gasteiger partial charge on any atom is -0.454 e. The Balaban J connectivity index is 1.02. The zero-order valence-electron chi connectivity index (χ0n) is 59.3. The van der Waals surface area contributed by atoms with Crippen molar-refractivity contribution in [3.63, 3.8) is 0 Å². The Hall–Kier alpha value is -3.11. The number of rotatable bonds is 29. The molecule has 52 heteroatoms. The summed E-state index contributed by atoms with van der Waals surface area (Å²) in [6, 6.07) is -16.4. The maximum Gasteiger partial charge on any atom is 0.309 e. The molecule has 7 unspecified atom stereocenters. The van der Waals surface area contributed by atoms with Crippen molar-refractivity contribution in [2.75, 3.05) is 59.5 Å². The summed E-state index contributed by atoms with van der Waals surface area (Å²) in [4.78, 5) is 46.0. The van der Waals surface area contributed by atoms with Crippen LogP contribution in [-0.4, -0.2) is 480 Å². The van der Waals surface area contributed by atoms with Crippen molar-refractivity contribution in [3.05, 3.63) is 0 Å². The second-order valence-electron chi connectivity index (χ2n) is 28.9. The van der Waals surface area contributed by atoms with Crippen molar-refractivity contribution in [3.8, 4) is 0 Å². The number of aliphatic hydroxyl groups is 24. The van der Waals surface area contributed by atoms with Crippen molar-refractivity contribution in [1.29, 1.82) is 0 Å². The van der Waals surface area contributed by atoms with Crippen LogP contribution in [0.1, 0.15) is 12.8 Å². The highest BCUT2D eigenvalue weighted by Gasteiger charge is 2.66. The normalized spacial score (nSPS) is 51.4. The predicted molar refractivity (Wildman–Crippen MR) is 347 cm³/mol. The predicted octanol–water partition coefficient (Wildman–Crippen LogP) is -24.1. The summed E-state index contributed by atoms with van der Waals surface area (Å²) in [5.74, 6) is -5.94. The third-order valence-electron chi connectivity index (χ3n) is 21.8. The molecule has 0 aliphatic carbocycles. The van der Waals surface area contributed by atoms with Gasteiger partial charge in [-0.1, -0.05) is 0 Å². The first-order chi connectivity index (χ1) is 52.7. The number of aliphatic hydroxyl groups excluding tert-OH is 24. The summed E-state index contributed by atoms with van der Waals surface area (Å²) in [5.41, 5.74) is 45.2. The second kappa shape index (κ2) is 38.1. The number of hydrogen-bond acceptors (Lipinski definition) is 52. The Morgan fingerprint density at radius 3 is 0.875 bits per heavy atom. The number of carbonyl (C=O) groups excluding carboxylic acids is 3. The molecule has 0 aromatic heterocycles. The van der Waals surface area contributed by atoms with Gasteiger partial charge in [0.05, 0.1) is 127 Å². The van der Waals surface area contributed by atoms with Crippen LogP contribution in [0.5, 0.6) is 0 Å². The molecule has 0 radical (unpaired) electrons. The molecule has 0 amide bonds. The minimum atomic E-state index is -3.61. The fourth-order valence-corrected chi connectivity index (χ4v) is 14.7. The lowest BCUT2D eigenvalue weighted by Gasteiger charge is -2.51. The van der Waals surface area contributed by atoms with Crippen LogP contribution in [0.15, 0.2) is 0 Å². The van der Waals surface area contributed by atoms with E-state index in [9.17, 15) is 127 Å². The van der Waals surface area contributed by atoms with Crippen LogP contribution in [0.3, 0.4) is 0 Å². The van der Waals surface area contributed by atoms with Crippen LogP contribution in [0.2, 0.25) is 0 Å². The first-order valence-electron chi connectivity index (χ1n) is 35.4. The van der Waals surface area contributed by atoms with Crippen LogP contribution in [0.25, 0.3) is 0 Å². The van der Waals surface area contributed by atoms with E-state index in [0.29, 0.717) is 0 Å². The lowest BCUT2D eigenvalue weighted by Crippen LogP contribution is -2.75. The molecule has 9 aliphatic rings. The number of carbonyl (C=O) groups is 3. The number of ketones is 2. The molecule has 0 saturated carbocycles. The van der Waals surface area contributed by atoms with Gasteiger partial charge < -0.3 is 250 Å². The first kappa shape index (κ1) is 92.8. The monoisotopic (exact) mass is 1640 g/mol. The molecule has 0 aromatic rings. The van der Waals surface area contributed by atoms with E-state index in [4.69, 9.17) is 127 Å². The van der Waals surface area contributed by atoms with Crippen molar-refractivity contribution >= 4 is 17.5 Å². The van der Waals surface area contributed by atoms with E-state index in [1.165, 1.54) is 0 Å². The highest BCUT2D eigenvalue weighted by atomic mass is 16.8. The summed E-state index contributed by atoms with van der Waals surface area (Å²) in [6.45, 7) is -11.5. The summed E-state index contributed by atoms with van der Waals surface area (Å²) >= 11 is 0. The highest BCUT2D eigenvalue weighted by molar-refractivity contribution is 5.99. The molecule has 9 aliphatic heterocycles. The zero-order valence-corrected chi connectivity index (χ0v) is 59.3. The van der Waals surface area contributed by atoms with Crippen LogP contribution in [0, 0.1) is 0 Å². The molecule has 42 N–H and O–H groups in total. The largest absolute Gasteiger partial charge is 0.454 e. The molecule has 9 fully saturated rings. The molecule has 52 nitrogen and oxygen atoms in total. The Morgan fingerprint density at radius 1 is 0.312 bits per heavy atom. The van der Waals surface area contributed by atoms with E-state index < -0.39 is 370 Å². The molecule has 9 saturated heterocycles. The van der Waals surface area contributed by atoms with Gasteiger partial charge in [-0.2, -0.15) is 0 Å². The Labute approximate surface area is 633 Å². The summed E-state index contributed by atoms with van der Waals surface area (Å²) in [5, 5.41) is 264. The topological polar surface area (TPSA) is 919 Å². The average molecular weight is 1640 g/mol. The number of hydrogen-bond donors (Lipinski definition) is 33. The number of esters is 1.